The van der Waals surface area contributed by atoms with Crippen molar-refractivity contribution in [2.24, 2.45) is 0 Å². The van der Waals surface area contributed by atoms with Crippen LogP contribution in [0, 0.1) is 0 Å². The third kappa shape index (κ3) is 73.0. The van der Waals surface area contributed by atoms with E-state index in [1.807, 2.05) is 30.4 Å². The van der Waals surface area contributed by atoms with Gasteiger partial charge in [0.2, 0.25) is 0 Å². The summed E-state index contributed by atoms with van der Waals surface area (Å²) in [5.74, 6) is -2.37. The smallest absolute Gasteiger partial charge is 0.462 e. The van der Waals surface area contributed by atoms with Crippen LogP contribution in [0.2, 0.25) is 0 Å². The largest absolute Gasteiger partial charge is 0.472 e. The fourth-order valence-corrected chi connectivity index (χ4v) is 11.2. The van der Waals surface area contributed by atoms with Gasteiger partial charge in [-0.05, 0) is 148 Å². The average Bonchev–Trinajstić information content (AvgIpc) is 0.921. The number of esters is 4. The number of carbonyl (C=O) groups excluding carboxylic acids is 4. The Morgan fingerprint density at radius 2 is 0.549 bits per heavy atom. The molecule has 3 N–H and O–H groups in total. The second kappa shape index (κ2) is 74.0. The van der Waals surface area contributed by atoms with Crippen LogP contribution in [0.25, 0.3) is 0 Å². The second-order valence-electron chi connectivity index (χ2n) is 25.2. The second-order valence-corrected chi connectivity index (χ2v) is 28.1. The van der Waals surface area contributed by atoms with Gasteiger partial charge in [-0.2, -0.15) is 0 Å². The minimum atomic E-state index is -5.01. The first-order valence-electron chi connectivity index (χ1n) is 38.7. The van der Waals surface area contributed by atoms with Crippen molar-refractivity contribution in [2.75, 3.05) is 39.6 Å². The van der Waals surface area contributed by atoms with Crippen LogP contribution in [0.3, 0.4) is 0 Å². The molecule has 5 atom stereocenters. The zero-order valence-corrected chi connectivity index (χ0v) is 65.0. The number of hydrogen-bond donors (Lipinski definition) is 3. The first kappa shape index (κ1) is 96.7. The molecule has 0 aliphatic rings. The monoisotopic (exact) mass is 1470 g/mol. The van der Waals surface area contributed by atoms with E-state index in [0.717, 1.165) is 141 Å². The number of phosphoric ester groups is 2. The lowest BCUT2D eigenvalue weighted by atomic mass is 10.1. The van der Waals surface area contributed by atoms with Gasteiger partial charge in [0.25, 0.3) is 0 Å². The van der Waals surface area contributed by atoms with E-state index in [1.165, 1.54) is 51.4 Å². The molecule has 5 unspecified atom stereocenters. The van der Waals surface area contributed by atoms with Crippen molar-refractivity contribution in [1.29, 1.82) is 0 Å². The SMILES string of the molecule is CC/C=C\C/C=C\C/C=C\C/C=C\C/C=C\C/C=C\CCC(=O)OCC(COP(=O)(O)OCC(O)COP(=O)(O)OCC(COC(=O)CCCCCCC/C=C\CCCCCCCC)OC(=O)CCCCCCC/C=C\CCCC)OC(=O)CCC/C=C\C/C=C\C/C=C\C/C=C\C/C=C\CC. The molecule has 0 aromatic heterocycles. The summed E-state index contributed by atoms with van der Waals surface area (Å²) in [5, 5.41) is 10.6. The van der Waals surface area contributed by atoms with Crippen LogP contribution in [0.4, 0.5) is 0 Å². The van der Waals surface area contributed by atoms with Gasteiger partial charge >= 0.3 is 39.5 Å². The highest BCUT2D eigenvalue weighted by Crippen LogP contribution is 2.45. The highest BCUT2D eigenvalue weighted by atomic mass is 31.2. The average molecular weight is 1470 g/mol. The Balaban J connectivity index is 5.48. The van der Waals surface area contributed by atoms with Gasteiger partial charge in [-0.15, -0.1) is 0 Å². The summed E-state index contributed by atoms with van der Waals surface area (Å²) < 4.78 is 68.3. The van der Waals surface area contributed by atoms with Crippen LogP contribution >= 0.6 is 15.6 Å². The lowest BCUT2D eigenvalue weighted by molar-refractivity contribution is -0.161. The van der Waals surface area contributed by atoms with Crippen LogP contribution in [-0.4, -0.2) is 96.7 Å². The van der Waals surface area contributed by atoms with Gasteiger partial charge in [-0.1, -0.05) is 269 Å². The van der Waals surface area contributed by atoms with E-state index in [1.54, 1.807) is 0 Å². The summed E-state index contributed by atoms with van der Waals surface area (Å²) in [6.45, 7) is 4.41. The van der Waals surface area contributed by atoms with Gasteiger partial charge < -0.3 is 33.8 Å². The van der Waals surface area contributed by atoms with Gasteiger partial charge in [-0.3, -0.25) is 37.3 Å². The van der Waals surface area contributed by atoms with E-state index in [-0.39, 0.29) is 25.7 Å². The summed E-state index contributed by atoms with van der Waals surface area (Å²) in [4.78, 5) is 72.8. The lowest BCUT2D eigenvalue weighted by Gasteiger charge is -2.21. The number of allylic oxidation sites excluding steroid dienone is 26. The number of rotatable bonds is 71. The molecule has 0 saturated carbocycles. The van der Waals surface area contributed by atoms with E-state index < -0.39 is 97.5 Å². The first-order chi connectivity index (χ1) is 49.7. The van der Waals surface area contributed by atoms with Crippen molar-refractivity contribution >= 4 is 39.5 Å². The van der Waals surface area contributed by atoms with E-state index in [2.05, 4.69) is 155 Å². The maximum Gasteiger partial charge on any atom is 0.472 e. The molecule has 19 heteroatoms. The maximum atomic E-state index is 13.1. The molecule has 580 valence electrons. The highest BCUT2D eigenvalue weighted by Gasteiger charge is 2.30. The minimum absolute atomic E-state index is 0.00504. The number of aliphatic hydroxyl groups is 1. The van der Waals surface area contributed by atoms with Gasteiger partial charge in [-0.25, -0.2) is 9.13 Å². The topological polar surface area (TPSA) is 237 Å². The van der Waals surface area contributed by atoms with Gasteiger partial charge in [0.15, 0.2) is 12.2 Å². The molecule has 0 saturated heterocycles. The number of carbonyl (C=O) groups is 4. The van der Waals surface area contributed by atoms with Crippen LogP contribution < -0.4 is 0 Å². The Labute approximate surface area is 617 Å². The summed E-state index contributed by atoms with van der Waals surface area (Å²) in [6, 6.07) is 0. The predicted molar refractivity (Wildman–Crippen MR) is 417 cm³/mol. The number of ether oxygens (including phenoxy) is 4. The number of phosphoric acid groups is 2. The fraction of sp³-hybridized carbons (Fsp3) is 0.639. The van der Waals surface area contributed by atoms with Crippen LogP contribution in [-0.2, 0) is 65.4 Å². The molecule has 0 heterocycles. The molecule has 0 aromatic carbocycles. The van der Waals surface area contributed by atoms with Gasteiger partial charge in [0.1, 0.15) is 19.3 Å². The Kier molecular flexibility index (Phi) is 70.1. The van der Waals surface area contributed by atoms with Crippen LogP contribution in [0.15, 0.2) is 158 Å². The summed E-state index contributed by atoms with van der Waals surface area (Å²) in [6.07, 6.45) is 85.5. The molecule has 0 aromatic rings. The Hall–Kier alpha value is -5.32. The highest BCUT2D eigenvalue weighted by molar-refractivity contribution is 7.47. The quantitative estimate of drug-likeness (QED) is 0.0169. The summed E-state index contributed by atoms with van der Waals surface area (Å²) in [7, 11) is -10.0. The summed E-state index contributed by atoms with van der Waals surface area (Å²) >= 11 is 0. The molecule has 0 aliphatic heterocycles. The molecule has 0 amide bonds. The van der Waals surface area contributed by atoms with Crippen molar-refractivity contribution < 1.29 is 80.2 Å². The van der Waals surface area contributed by atoms with E-state index >= 15 is 0 Å². The minimum Gasteiger partial charge on any atom is -0.462 e. The Morgan fingerprint density at radius 1 is 0.284 bits per heavy atom. The lowest BCUT2D eigenvalue weighted by Crippen LogP contribution is -2.30. The van der Waals surface area contributed by atoms with E-state index in [9.17, 15) is 43.2 Å². The van der Waals surface area contributed by atoms with Crippen LogP contribution in [0.5, 0.6) is 0 Å². The van der Waals surface area contributed by atoms with Gasteiger partial charge in [0, 0.05) is 25.7 Å². The van der Waals surface area contributed by atoms with Gasteiger partial charge in [0.05, 0.1) is 26.4 Å². The Bertz CT molecular complexity index is 2550. The molecule has 0 aliphatic carbocycles. The predicted octanol–water partition coefficient (Wildman–Crippen LogP) is 22.4. The number of unbranched alkanes of at least 4 members (excludes halogenated alkanes) is 19. The standard InChI is InChI=1S/C83H136O17P2/c1-5-9-13-17-21-25-29-32-35-37-38-40-42-45-49-52-56-60-64-68-81(86)94-74-79(100-83(88)70-66-62-58-54-50-46-43-39-36-33-30-26-22-18-14-10-6-2)76-98-102(91,92)96-72-77(84)71-95-101(89,90)97-75-78(99-82(87)69-65-61-57-53-47-28-24-20-16-12-8-4)73-93-80(85)67-63-59-55-51-48-44-41-34-31-27-23-19-15-11-7-3/h9-10,13-14,20-22,24-26,32-36,38,40-41,43,45-46,49,54,56,58,60,77-79,84H,5-8,11-12,15-19,23,27-31,37,39,42,44,47-48,50-53,55,57,59,61-76H2,1-4H3,(H,89,90)(H,91,92)/b13-9-,14-10-,24-20-,25-21-,26-22-,35-32-,36-33-,40-38-,41-34-,46-43-,49-45-,58-54-,60-56-. The van der Waals surface area contributed by atoms with Crippen molar-refractivity contribution in [3.8, 4) is 0 Å². The molecular weight excluding hydrogens is 1330 g/mol. The van der Waals surface area contributed by atoms with Crippen molar-refractivity contribution in [2.45, 2.75) is 303 Å². The molecule has 17 nitrogen and oxygen atoms in total. The zero-order valence-electron chi connectivity index (χ0n) is 63.2. The summed E-state index contributed by atoms with van der Waals surface area (Å²) in [5.41, 5.74) is 0. The number of aliphatic hydroxyl groups excluding tert-OH is 1. The molecule has 0 bridgehead atoms. The third-order valence-electron chi connectivity index (χ3n) is 15.5. The number of hydrogen-bond acceptors (Lipinski definition) is 15. The maximum absolute atomic E-state index is 13.1. The van der Waals surface area contributed by atoms with E-state index in [4.69, 9.17) is 37.0 Å². The molecule has 0 fully saturated rings. The molecule has 0 spiro atoms. The third-order valence-corrected chi connectivity index (χ3v) is 17.4. The van der Waals surface area contributed by atoms with Crippen molar-refractivity contribution in [1.82, 2.24) is 0 Å². The normalized spacial score (nSPS) is 14.8. The zero-order chi connectivity index (χ0) is 74.6. The van der Waals surface area contributed by atoms with Crippen molar-refractivity contribution in [3.05, 3.63) is 158 Å². The fourth-order valence-electron chi connectivity index (χ4n) is 9.61. The van der Waals surface area contributed by atoms with Crippen molar-refractivity contribution in [3.63, 3.8) is 0 Å². The van der Waals surface area contributed by atoms with E-state index in [0.29, 0.717) is 38.5 Å². The molecule has 0 rings (SSSR count). The first-order valence-corrected chi connectivity index (χ1v) is 41.7. The molecule has 102 heavy (non-hydrogen) atoms. The molecular formula is C83H136O17P2. The van der Waals surface area contributed by atoms with Crippen LogP contribution in [0.1, 0.15) is 285 Å². The molecule has 0 radical (unpaired) electrons. The Morgan fingerprint density at radius 3 is 0.922 bits per heavy atom.